The van der Waals surface area contributed by atoms with Crippen molar-refractivity contribution in [1.29, 1.82) is 0 Å². The molecule has 1 aliphatic rings. The normalized spacial score (nSPS) is 18.4. The monoisotopic (exact) mass is 185 g/mol. The lowest BCUT2D eigenvalue weighted by molar-refractivity contribution is 0.747. The first kappa shape index (κ1) is 7.92. The molecule has 66 valence electrons. The summed E-state index contributed by atoms with van der Waals surface area (Å²) < 4.78 is 0. The maximum atomic E-state index is 5.69. The van der Waals surface area contributed by atoms with Gasteiger partial charge in [0.15, 0.2) is 0 Å². The quantitative estimate of drug-likeness (QED) is 0.743. The molecule has 0 aliphatic heterocycles. The van der Waals surface area contributed by atoms with Gasteiger partial charge in [0.25, 0.3) is 0 Å². The van der Waals surface area contributed by atoms with Gasteiger partial charge in [0, 0.05) is 6.04 Å². The number of rotatable bonds is 2. The van der Waals surface area contributed by atoms with Crippen molar-refractivity contribution in [2.45, 2.75) is 31.7 Å². The van der Waals surface area contributed by atoms with Crippen LogP contribution < -0.4 is 5.32 Å². The highest BCUT2D eigenvalue weighted by atomic mass is 35.5. The summed E-state index contributed by atoms with van der Waals surface area (Å²) in [5, 5.41) is 3.90. The molecule has 1 heterocycles. The molecule has 12 heavy (non-hydrogen) atoms. The van der Waals surface area contributed by atoms with E-state index in [0.29, 0.717) is 11.2 Å². The topological polar surface area (TPSA) is 40.7 Å². The Morgan fingerprint density at radius 3 is 2.83 bits per heavy atom. The molecule has 1 aliphatic carbocycles. The SMILES string of the molecule is Clc1cnc(NC2CCCC2)[nH]1. The van der Waals surface area contributed by atoms with Crippen LogP contribution in [0.2, 0.25) is 5.15 Å². The summed E-state index contributed by atoms with van der Waals surface area (Å²) in [6, 6.07) is 0.590. The number of nitrogens with zero attached hydrogens (tertiary/aromatic N) is 1. The van der Waals surface area contributed by atoms with Crippen molar-refractivity contribution < 1.29 is 0 Å². The van der Waals surface area contributed by atoms with Crippen LogP contribution in [-0.2, 0) is 0 Å². The second-order valence-electron chi connectivity index (χ2n) is 3.21. The Labute approximate surface area is 76.5 Å². The number of hydrogen-bond donors (Lipinski definition) is 2. The number of hydrogen-bond acceptors (Lipinski definition) is 2. The highest BCUT2D eigenvalue weighted by Gasteiger charge is 2.15. The van der Waals surface area contributed by atoms with E-state index in [-0.39, 0.29) is 0 Å². The van der Waals surface area contributed by atoms with E-state index in [0.717, 1.165) is 5.95 Å². The van der Waals surface area contributed by atoms with Gasteiger partial charge in [-0.25, -0.2) is 4.98 Å². The Bertz CT molecular complexity index is 253. The molecule has 1 aromatic rings. The van der Waals surface area contributed by atoms with Gasteiger partial charge in [0.05, 0.1) is 6.20 Å². The summed E-state index contributed by atoms with van der Waals surface area (Å²) in [6.45, 7) is 0. The van der Waals surface area contributed by atoms with Crippen LogP contribution in [-0.4, -0.2) is 16.0 Å². The molecular weight excluding hydrogens is 174 g/mol. The number of imidazole rings is 1. The third-order valence-corrected chi connectivity index (χ3v) is 2.43. The van der Waals surface area contributed by atoms with Gasteiger partial charge < -0.3 is 10.3 Å². The lowest BCUT2D eigenvalue weighted by Gasteiger charge is -2.09. The second kappa shape index (κ2) is 3.35. The van der Waals surface area contributed by atoms with Crippen molar-refractivity contribution in [3.05, 3.63) is 11.3 Å². The highest BCUT2D eigenvalue weighted by Crippen LogP contribution is 2.21. The molecule has 0 saturated heterocycles. The van der Waals surface area contributed by atoms with Crippen molar-refractivity contribution in [2.24, 2.45) is 0 Å². The molecule has 2 rings (SSSR count). The Morgan fingerprint density at radius 1 is 1.50 bits per heavy atom. The first-order valence-electron chi connectivity index (χ1n) is 4.31. The van der Waals surface area contributed by atoms with E-state index in [2.05, 4.69) is 15.3 Å². The molecule has 0 unspecified atom stereocenters. The molecule has 2 N–H and O–H groups in total. The third-order valence-electron chi connectivity index (χ3n) is 2.24. The van der Waals surface area contributed by atoms with E-state index >= 15 is 0 Å². The second-order valence-corrected chi connectivity index (χ2v) is 3.61. The highest BCUT2D eigenvalue weighted by molar-refractivity contribution is 6.29. The number of aromatic amines is 1. The fourth-order valence-electron chi connectivity index (χ4n) is 1.64. The Hall–Kier alpha value is -0.700. The van der Waals surface area contributed by atoms with Crippen molar-refractivity contribution >= 4 is 17.5 Å². The van der Waals surface area contributed by atoms with Gasteiger partial charge in [0.2, 0.25) is 5.95 Å². The zero-order chi connectivity index (χ0) is 8.39. The summed E-state index contributed by atoms with van der Waals surface area (Å²) in [5.74, 6) is 0.798. The van der Waals surface area contributed by atoms with E-state index in [4.69, 9.17) is 11.6 Å². The summed E-state index contributed by atoms with van der Waals surface area (Å²) in [6.07, 6.45) is 6.77. The van der Waals surface area contributed by atoms with E-state index in [9.17, 15) is 0 Å². The number of H-pyrrole nitrogens is 1. The van der Waals surface area contributed by atoms with Crippen LogP contribution in [0.3, 0.4) is 0 Å². The van der Waals surface area contributed by atoms with Crippen LogP contribution in [0.5, 0.6) is 0 Å². The summed E-state index contributed by atoms with van der Waals surface area (Å²) in [4.78, 5) is 7.03. The summed E-state index contributed by atoms with van der Waals surface area (Å²) in [5.41, 5.74) is 0. The largest absolute Gasteiger partial charge is 0.353 e. The van der Waals surface area contributed by atoms with Gasteiger partial charge in [-0.1, -0.05) is 24.4 Å². The van der Waals surface area contributed by atoms with Crippen molar-refractivity contribution in [3.8, 4) is 0 Å². The zero-order valence-corrected chi connectivity index (χ0v) is 7.56. The van der Waals surface area contributed by atoms with E-state index in [1.165, 1.54) is 25.7 Å². The van der Waals surface area contributed by atoms with Gasteiger partial charge in [-0.2, -0.15) is 0 Å². The molecule has 0 bridgehead atoms. The van der Waals surface area contributed by atoms with Gasteiger partial charge in [0.1, 0.15) is 5.15 Å². The fourth-order valence-corrected chi connectivity index (χ4v) is 1.77. The Kier molecular flexibility index (Phi) is 2.21. The van der Waals surface area contributed by atoms with Gasteiger partial charge in [-0.3, -0.25) is 0 Å². The predicted octanol–water partition coefficient (Wildman–Crippen LogP) is 2.42. The average Bonchev–Trinajstić information content (AvgIpc) is 2.63. The van der Waals surface area contributed by atoms with E-state index in [1.54, 1.807) is 6.20 Å². The van der Waals surface area contributed by atoms with Crippen molar-refractivity contribution in [3.63, 3.8) is 0 Å². The molecule has 1 fully saturated rings. The van der Waals surface area contributed by atoms with Crippen LogP contribution in [0.25, 0.3) is 0 Å². The van der Waals surface area contributed by atoms with Crippen LogP contribution in [0, 0.1) is 0 Å². The average molecular weight is 186 g/mol. The Morgan fingerprint density at radius 2 is 2.25 bits per heavy atom. The number of halogens is 1. The summed E-state index contributed by atoms with van der Waals surface area (Å²) in [7, 11) is 0. The molecule has 1 aromatic heterocycles. The summed E-state index contributed by atoms with van der Waals surface area (Å²) >= 11 is 5.69. The van der Waals surface area contributed by atoms with E-state index < -0.39 is 0 Å². The maximum Gasteiger partial charge on any atom is 0.201 e. The van der Waals surface area contributed by atoms with Gasteiger partial charge in [-0.15, -0.1) is 0 Å². The standard InChI is InChI=1S/C8H12ClN3/c9-7-5-10-8(12-7)11-6-3-1-2-4-6/h5-6H,1-4H2,(H2,10,11,12). The molecule has 0 aromatic carbocycles. The molecule has 0 radical (unpaired) electrons. The van der Waals surface area contributed by atoms with Crippen molar-refractivity contribution in [2.75, 3.05) is 5.32 Å². The van der Waals surface area contributed by atoms with Gasteiger partial charge >= 0.3 is 0 Å². The van der Waals surface area contributed by atoms with Gasteiger partial charge in [-0.05, 0) is 12.8 Å². The lowest BCUT2D eigenvalue weighted by atomic mass is 10.3. The van der Waals surface area contributed by atoms with E-state index in [1.807, 2.05) is 0 Å². The molecule has 4 heteroatoms. The molecule has 0 atom stereocenters. The number of nitrogens with one attached hydrogen (secondary N) is 2. The first-order chi connectivity index (χ1) is 5.84. The smallest absolute Gasteiger partial charge is 0.201 e. The molecule has 0 spiro atoms. The van der Waals surface area contributed by atoms with Crippen LogP contribution in [0.15, 0.2) is 6.20 Å². The molecule has 1 saturated carbocycles. The zero-order valence-electron chi connectivity index (χ0n) is 6.81. The number of anilines is 1. The predicted molar refractivity (Wildman–Crippen MR) is 49.5 cm³/mol. The third kappa shape index (κ3) is 1.72. The van der Waals surface area contributed by atoms with Crippen LogP contribution >= 0.6 is 11.6 Å². The fraction of sp³-hybridized carbons (Fsp3) is 0.625. The lowest BCUT2D eigenvalue weighted by Crippen LogP contribution is -2.15. The maximum absolute atomic E-state index is 5.69. The van der Waals surface area contributed by atoms with Crippen LogP contribution in [0.1, 0.15) is 25.7 Å². The number of aromatic nitrogens is 2. The molecule has 3 nitrogen and oxygen atoms in total. The minimum absolute atomic E-state index is 0.590. The molecular formula is C8H12ClN3. The van der Waals surface area contributed by atoms with Crippen LogP contribution in [0.4, 0.5) is 5.95 Å². The molecule has 0 amide bonds. The van der Waals surface area contributed by atoms with Crippen molar-refractivity contribution in [1.82, 2.24) is 9.97 Å². The minimum Gasteiger partial charge on any atom is -0.353 e. The first-order valence-corrected chi connectivity index (χ1v) is 4.69. The minimum atomic E-state index is 0.590. The Balaban J connectivity index is 1.94.